The molecule has 2 aromatic carbocycles. The van der Waals surface area contributed by atoms with Gasteiger partial charge in [-0.1, -0.05) is 55.7 Å². The highest BCUT2D eigenvalue weighted by molar-refractivity contribution is 7.89. The summed E-state index contributed by atoms with van der Waals surface area (Å²) in [7, 11) is -3.85. The topological polar surface area (TPSA) is 66.5 Å². The summed E-state index contributed by atoms with van der Waals surface area (Å²) in [6.07, 6.45) is 10.9. The summed E-state index contributed by atoms with van der Waals surface area (Å²) < 4.78 is 29.6. The number of carbonyl (C=O) groups excluding carboxylic acids is 1. The summed E-state index contributed by atoms with van der Waals surface area (Å²) >= 11 is 0. The Balaban J connectivity index is 1.61. The Morgan fingerprint density at radius 2 is 1.41 bits per heavy atom. The minimum atomic E-state index is -3.85. The lowest BCUT2D eigenvalue weighted by Gasteiger charge is -2.31. The van der Waals surface area contributed by atoms with Gasteiger partial charge in [0.15, 0.2) is 0 Å². The van der Waals surface area contributed by atoms with Crippen molar-refractivity contribution in [1.82, 2.24) is 9.62 Å². The molecule has 5 nitrogen and oxygen atoms in total. The van der Waals surface area contributed by atoms with Gasteiger partial charge in [0.1, 0.15) is 6.04 Å². The Bertz CT molecular complexity index is 1010. The zero-order valence-electron chi connectivity index (χ0n) is 18.8. The number of likely N-dealkylation sites (tertiary alicyclic amines) is 1. The molecule has 2 aliphatic rings. The maximum Gasteiger partial charge on any atom is 0.245 e. The van der Waals surface area contributed by atoms with E-state index in [0.29, 0.717) is 18.7 Å². The summed E-state index contributed by atoms with van der Waals surface area (Å²) in [4.78, 5) is 15.4. The number of nitrogens with zero attached hydrogens (tertiary/aromatic N) is 1. The van der Waals surface area contributed by atoms with Crippen molar-refractivity contribution in [3.8, 4) is 0 Å². The number of aryl methyl sites for hydroxylation is 2. The molecule has 2 aromatic rings. The number of rotatable bonds is 5. The highest BCUT2D eigenvalue weighted by atomic mass is 32.2. The third-order valence-corrected chi connectivity index (χ3v) is 8.12. The van der Waals surface area contributed by atoms with Crippen molar-refractivity contribution in [2.24, 2.45) is 0 Å². The molecule has 1 aliphatic carbocycles. The standard InChI is InChI=1S/C26H34N2O3S/c29-26(28-18-10-5-11-19-28)25(22-13-8-4-9-14-22)27-32(30,31)24-17-16-21-12-6-2-1-3-7-15-23(21)20-24/h4,8-9,13-14,16-17,20,25,27H,1-3,5-7,10-12,15,18-19H2/t25-/m0/s1. The van der Waals surface area contributed by atoms with Crippen molar-refractivity contribution in [1.29, 1.82) is 0 Å². The summed E-state index contributed by atoms with van der Waals surface area (Å²) in [5, 5.41) is 0. The van der Waals surface area contributed by atoms with Crippen LogP contribution < -0.4 is 4.72 Å². The predicted molar refractivity (Wildman–Crippen MR) is 127 cm³/mol. The summed E-state index contributed by atoms with van der Waals surface area (Å²) in [5.74, 6) is -0.165. The van der Waals surface area contributed by atoms with E-state index in [-0.39, 0.29) is 10.8 Å². The maximum absolute atomic E-state index is 13.4. The molecule has 6 heteroatoms. The number of sulfonamides is 1. The minimum absolute atomic E-state index is 0.165. The summed E-state index contributed by atoms with van der Waals surface area (Å²) in [6.45, 7) is 1.37. The number of amides is 1. The first-order valence-corrected chi connectivity index (χ1v) is 13.5. The fourth-order valence-corrected chi connectivity index (χ4v) is 6.06. The van der Waals surface area contributed by atoms with Gasteiger partial charge in [-0.05, 0) is 73.8 Å². The van der Waals surface area contributed by atoms with E-state index in [1.807, 2.05) is 42.5 Å². The van der Waals surface area contributed by atoms with Crippen LogP contribution in [0.5, 0.6) is 0 Å². The van der Waals surface area contributed by atoms with E-state index in [0.717, 1.165) is 50.5 Å². The number of fused-ring (bicyclic) bond motifs is 1. The molecule has 1 saturated heterocycles. The number of piperidine rings is 1. The molecule has 0 saturated carbocycles. The van der Waals surface area contributed by atoms with Gasteiger partial charge in [0, 0.05) is 13.1 Å². The molecule has 32 heavy (non-hydrogen) atoms. The Hall–Kier alpha value is -2.18. The van der Waals surface area contributed by atoms with Crippen LogP contribution in [0, 0.1) is 0 Å². The van der Waals surface area contributed by atoms with E-state index < -0.39 is 16.1 Å². The second-order valence-electron chi connectivity index (χ2n) is 9.05. The predicted octanol–water partition coefficient (Wildman–Crippen LogP) is 4.77. The molecule has 1 amide bonds. The highest BCUT2D eigenvalue weighted by Gasteiger charge is 2.31. The van der Waals surface area contributed by atoms with Gasteiger partial charge in [-0.3, -0.25) is 4.79 Å². The van der Waals surface area contributed by atoms with Gasteiger partial charge < -0.3 is 4.90 Å². The number of carbonyl (C=O) groups is 1. The number of hydrogen-bond acceptors (Lipinski definition) is 3. The molecule has 0 spiro atoms. The fourth-order valence-electron chi connectivity index (χ4n) is 4.83. The van der Waals surface area contributed by atoms with E-state index in [1.165, 1.54) is 24.8 Å². The molecule has 1 heterocycles. The summed E-state index contributed by atoms with van der Waals surface area (Å²) in [5.41, 5.74) is 3.07. The average Bonchev–Trinajstić information content (AvgIpc) is 2.95. The first-order chi connectivity index (χ1) is 15.5. The van der Waals surface area contributed by atoms with Gasteiger partial charge in [0.05, 0.1) is 4.90 Å². The van der Waals surface area contributed by atoms with Crippen molar-refractivity contribution in [2.45, 2.75) is 75.1 Å². The van der Waals surface area contributed by atoms with Crippen molar-refractivity contribution in [2.75, 3.05) is 13.1 Å². The second-order valence-corrected chi connectivity index (χ2v) is 10.8. The Morgan fingerprint density at radius 3 is 2.12 bits per heavy atom. The first kappa shape index (κ1) is 23.0. The van der Waals surface area contributed by atoms with Crippen LogP contribution in [-0.4, -0.2) is 32.3 Å². The van der Waals surface area contributed by atoms with Crippen LogP contribution in [-0.2, 0) is 27.7 Å². The van der Waals surface area contributed by atoms with Gasteiger partial charge in [-0.2, -0.15) is 4.72 Å². The lowest BCUT2D eigenvalue weighted by molar-refractivity contribution is -0.134. The summed E-state index contributed by atoms with van der Waals surface area (Å²) in [6, 6.07) is 13.8. The molecular formula is C26H34N2O3S. The minimum Gasteiger partial charge on any atom is -0.341 e. The molecule has 4 rings (SSSR count). The number of benzene rings is 2. The van der Waals surface area contributed by atoms with Crippen LogP contribution in [0.2, 0.25) is 0 Å². The van der Waals surface area contributed by atoms with E-state index in [1.54, 1.807) is 11.0 Å². The molecule has 0 bridgehead atoms. The molecule has 0 radical (unpaired) electrons. The molecular weight excluding hydrogens is 420 g/mol. The lowest BCUT2D eigenvalue weighted by atomic mass is 10.00. The Labute approximate surface area is 192 Å². The van der Waals surface area contributed by atoms with Crippen LogP contribution in [0.1, 0.15) is 74.1 Å². The third-order valence-electron chi connectivity index (χ3n) is 6.70. The molecule has 1 atom stereocenters. The highest BCUT2D eigenvalue weighted by Crippen LogP contribution is 2.25. The van der Waals surface area contributed by atoms with Crippen LogP contribution in [0.4, 0.5) is 0 Å². The second kappa shape index (κ2) is 10.6. The lowest BCUT2D eigenvalue weighted by Crippen LogP contribution is -2.44. The molecule has 0 aromatic heterocycles. The molecule has 0 unspecified atom stereocenters. The van der Waals surface area contributed by atoms with Crippen molar-refractivity contribution >= 4 is 15.9 Å². The first-order valence-electron chi connectivity index (χ1n) is 12.0. The van der Waals surface area contributed by atoms with E-state index >= 15 is 0 Å². The van der Waals surface area contributed by atoms with Crippen LogP contribution in [0.15, 0.2) is 53.4 Å². The average molecular weight is 455 g/mol. The van der Waals surface area contributed by atoms with Gasteiger partial charge in [-0.25, -0.2) is 8.42 Å². The van der Waals surface area contributed by atoms with E-state index in [9.17, 15) is 13.2 Å². The van der Waals surface area contributed by atoms with E-state index in [2.05, 4.69) is 4.72 Å². The van der Waals surface area contributed by atoms with Crippen LogP contribution in [0.3, 0.4) is 0 Å². The normalized spacial score (nSPS) is 18.7. The van der Waals surface area contributed by atoms with Crippen molar-refractivity contribution in [3.05, 3.63) is 65.2 Å². The molecule has 172 valence electrons. The van der Waals surface area contributed by atoms with Crippen LogP contribution in [0.25, 0.3) is 0 Å². The van der Waals surface area contributed by atoms with Crippen molar-refractivity contribution in [3.63, 3.8) is 0 Å². The molecule has 1 N–H and O–H groups in total. The van der Waals surface area contributed by atoms with Crippen molar-refractivity contribution < 1.29 is 13.2 Å². The van der Waals surface area contributed by atoms with Gasteiger partial charge >= 0.3 is 0 Å². The molecule has 1 aliphatic heterocycles. The zero-order chi connectivity index (χ0) is 22.4. The quantitative estimate of drug-likeness (QED) is 0.708. The SMILES string of the molecule is O=C([C@@H](NS(=O)(=O)c1ccc2c(c1)CCCCCCC2)c1ccccc1)N1CCCCC1. The monoisotopic (exact) mass is 454 g/mol. The maximum atomic E-state index is 13.4. The van der Waals surface area contributed by atoms with E-state index in [4.69, 9.17) is 0 Å². The smallest absolute Gasteiger partial charge is 0.245 e. The number of hydrogen-bond donors (Lipinski definition) is 1. The number of nitrogens with one attached hydrogen (secondary N) is 1. The van der Waals surface area contributed by atoms with Gasteiger partial charge in [0.25, 0.3) is 0 Å². The van der Waals surface area contributed by atoms with Gasteiger partial charge in [0.2, 0.25) is 15.9 Å². The fraction of sp³-hybridized carbons (Fsp3) is 0.500. The Kier molecular flexibility index (Phi) is 7.63. The van der Waals surface area contributed by atoms with Gasteiger partial charge in [-0.15, -0.1) is 0 Å². The van der Waals surface area contributed by atoms with Crippen LogP contribution >= 0.6 is 0 Å². The Morgan fingerprint density at radius 1 is 0.781 bits per heavy atom. The third kappa shape index (κ3) is 5.59. The zero-order valence-corrected chi connectivity index (χ0v) is 19.6. The largest absolute Gasteiger partial charge is 0.341 e. The molecule has 1 fully saturated rings.